The van der Waals surface area contributed by atoms with Gasteiger partial charge in [0.05, 0.1) is 16.7 Å². The van der Waals surface area contributed by atoms with Gasteiger partial charge in [-0.05, 0) is 66.6 Å². The summed E-state index contributed by atoms with van der Waals surface area (Å²) in [6.07, 6.45) is 7.52. The van der Waals surface area contributed by atoms with E-state index in [-0.39, 0.29) is 5.91 Å². The molecule has 0 aliphatic heterocycles. The second-order valence-corrected chi connectivity index (χ2v) is 8.83. The minimum Gasteiger partial charge on any atom is -0.487 e. The zero-order valence-corrected chi connectivity index (χ0v) is 20.2. The number of para-hydroxylation sites is 2. The number of imidazole rings is 2. The maximum atomic E-state index is 12.6. The number of carbonyl (C=O) groups excluding carboxylic acids is 1. The van der Waals surface area contributed by atoms with Gasteiger partial charge in [-0.1, -0.05) is 24.3 Å². The Morgan fingerprint density at radius 1 is 0.946 bits per heavy atom. The lowest BCUT2D eigenvalue weighted by molar-refractivity contribution is 0.0951. The molecule has 0 atom stereocenters. The van der Waals surface area contributed by atoms with Crippen LogP contribution in [0, 0.1) is 6.92 Å². The molecule has 8 heteroatoms. The lowest BCUT2D eigenvalue weighted by Gasteiger charge is -2.08. The van der Waals surface area contributed by atoms with E-state index in [1.165, 1.54) is 5.56 Å². The highest BCUT2D eigenvalue weighted by atomic mass is 16.5. The van der Waals surface area contributed by atoms with Gasteiger partial charge in [-0.15, -0.1) is 0 Å². The van der Waals surface area contributed by atoms with Crippen LogP contribution < -0.4 is 10.1 Å². The Kier molecular flexibility index (Phi) is 5.82. The van der Waals surface area contributed by atoms with Crippen LogP contribution in [-0.4, -0.2) is 29.8 Å². The molecule has 1 amide bonds. The van der Waals surface area contributed by atoms with E-state index in [1.54, 1.807) is 36.8 Å². The zero-order valence-electron chi connectivity index (χ0n) is 20.2. The Labute approximate surface area is 213 Å². The van der Waals surface area contributed by atoms with Crippen LogP contribution in [0.15, 0.2) is 97.7 Å². The summed E-state index contributed by atoms with van der Waals surface area (Å²) in [5.41, 5.74) is 6.28. The molecule has 0 aliphatic rings. The number of aromatic nitrogens is 5. The molecule has 182 valence electrons. The predicted octanol–water partition coefficient (Wildman–Crippen LogP) is 4.89. The highest BCUT2D eigenvalue weighted by Crippen LogP contribution is 2.17. The first kappa shape index (κ1) is 22.5. The molecule has 4 aromatic heterocycles. The standard InChI is InChI=1S/C29H24N6O2/c1-20-6-12-28-33-23(17-34(28)16-20)18-37-24-10-8-22(9-11-24)29(36)31-15-21-7-13-27(30-14-21)35-19-32-25-4-2-3-5-26(25)35/h2-14,16-17,19H,15,18H2,1H3,(H,31,36). The van der Waals surface area contributed by atoms with E-state index >= 15 is 0 Å². The third-order valence-electron chi connectivity index (χ3n) is 6.11. The zero-order chi connectivity index (χ0) is 25.2. The van der Waals surface area contributed by atoms with Crippen molar-refractivity contribution in [3.05, 3.63) is 120 Å². The SMILES string of the molecule is Cc1ccc2nc(COc3ccc(C(=O)NCc4ccc(-n5cnc6ccccc65)nc4)cc3)cn2c1. The number of pyridine rings is 2. The molecule has 8 nitrogen and oxygen atoms in total. The molecule has 0 radical (unpaired) electrons. The van der Waals surface area contributed by atoms with Gasteiger partial charge in [-0.3, -0.25) is 9.36 Å². The Morgan fingerprint density at radius 3 is 2.65 bits per heavy atom. The van der Waals surface area contributed by atoms with E-state index in [1.807, 2.05) is 76.8 Å². The number of carbonyl (C=O) groups is 1. The molecular formula is C29H24N6O2. The average Bonchev–Trinajstić information content (AvgIpc) is 3.55. The van der Waals surface area contributed by atoms with Crippen LogP contribution in [0.3, 0.4) is 0 Å². The van der Waals surface area contributed by atoms with Gasteiger partial charge >= 0.3 is 0 Å². The van der Waals surface area contributed by atoms with E-state index in [2.05, 4.69) is 20.3 Å². The normalized spacial score (nSPS) is 11.2. The van der Waals surface area contributed by atoms with Crippen molar-refractivity contribution in [1.29, 1.82) is 0 Å². The van der Waals surface area contributed by atoms with Crippen LogP contribution in [0.4, 0.5) is 0 Å². The second kappa shape index (κ2) is 9.58. The molecule has 0 unspecified atom stereocenters. The van der Waals surface area contributed by atoms with Gasteiger partial charge in [0.1, 0.15) is 30.1 Å². The number of nitrogens with zero attached hydrogens (tertiary/aromatic N) is 5. The maximum absolute atomic E-state index is 12.6. The van der Waals surface area contributed by atoms with E-state index in [0.717, 1.165) is 33.8 Å². The first-order valence-corrected chi connectivity index (χ1v) is 11.9. The summed E-state index contributed by atoms with van der Waals surface area (Å²) in [6.45, 7) is 2.77. The van der Waals surface area contributed by atoms with Gasteiger partial charge in [-0.2, -0.15) is 0 Å². The number of hydrogen-bond acceptors (Lipinski definition) is 5. The molecule has 0 saturated carbocycles. The maximum Gasteiger partial charge on any atom is 0.251 e. The Balaban J connectivity index is 1.04. The molecule has 0 saturated heterocycles. The third-order valence-corrected chi connectivity index (χ3v) is 6.11. The molecular weight excluding hydrogens is 464 g/mol. The van der Waals surface area contributed by atoms with Gasteiger partial charge < -0.3 is 14.5 Å². The number of aryl methyl sites for hydroxylation is 1. The van der Waals surface area contributed by atoms with Crippen molar-refractivity contribution in [1.82, 2.24) is 29.2 Å². The van der Waals surface area contributed by atoms with E-state index < -0.39 is 0 Å². The van der Waals surface area contributed by atoms with Crippen molar-refractivity contribution in [2.75, 3.05) is 0 Å². The summed E-state index contributed by atoms with van der Waals surface area (Å²) in [5, 5.41) is 2.94. The highest BCUT2D eigenvalue weighted by Gasteiger charge is 2.09. The molecule has 0 fully saturated rings. The molecule has 37 heavy (non-hydrogen) atoms. The number of fused-ring (bicyclic) bond motifs is 2. The van der Waals surface area contributed by atoms with Crippen molar-refractivity contribution in [3.8, 4) is 11.6 Å². The fraction of sp³-hybridized carbons (Fsp3) is 0.103. The summed E-state index contributed by atoms with van der Waals surface area (Å²) in [5.74, 6) is 1.29. The van der Waals surface area contributed by atoms with E-state index in [9.17, 15) is 4.79 Å². The van der Waals surface area contributed by atoms with Gasteiger partial charge in [0.2, 0.25) is 0 Å². The molecule has 0 bridgehead atoms. The topological polar surface area (TPSA) is 86.3 Å². The molecule has 2 aromatic carbocycles. The molecule has 0 spiro atoms. The monoisotopic (exact) mass is 488 g/mol. The van der Waals surface area contributed by atoms with Crippen LogP contribution in [-0.2, 0) is 13.2 Å². The fourth-order valence-electron chi connectivity index (χ4n) is 4.17. The van der Waals surface area contributed by atoms with Gasteiger partial charge in [0.25, 0.3) is 5.91 Å². The van der Waals surface area contributed by atoms with E-state index in [0.29, 0.717) is 24.5 Å². The number of ether oxygens (including phenoxy) is 1. The van der Waals surface area contributed by atoms with Crippen molar-refractivity contribution in [2.45, 2.75) is 20.1 Å². The van der Waals surface area contributed by atoms with Crippen LogP contribution in [0.1, 0.15) is 27.2 Å². The van der Waals surface area contributed by atoms with Crippen LogP contribution in [0.2, 0.25) is 0 Å². The van der Waals surface area contributed by atoms with Gasteiger partial charge in [0, 0.05) is 30.7 Å². The number of amides is 1. The molecule has 6 aromatic rings. The smallest absolute Gasteiger partial charge is 0.251 e. The Hall–Kier alpha value is -4.98. The molecule has 0 aliphatic carbocycles. The minimum absolute atomic E-state index is 0.160. The quantitative estimate of drug-likeness (QED) is 0.346. The summed E-state index contributed by atoms with van der Waals surface area (Å²) in [7, 11) is 0. The Bertz CT molecular complexity index is 1700. The molecule has 1 N–H and O–H groups in total. The molecule has 4 heterocycles. The largest absolute Gasteiger partial charge is 0.487 e. The van der Waals surface area contributed by atoms with Gasteiger partial charge in [-0.25, -0.2) is 15.0 Å². The number of nitrogens with one attached hydrogen (secondary N) is 1. The summed E-state index contributed by atoms with van der Waals surface area (Å²) < 4.78 is 9.79. The van der Waals surface area contributed by atoms with Crippen LogP contribution in [0.25, 0.3) is 22.5 Å². The van der Waals surface area contributed by atoms with Gasteiger partial charge in [0.15, 0.2) is 0 Å². The number of rotatable bonds is 7. The minimum atomic E-state index is -0.160. The molecule has 6 rings (SSSR count). The average molecular weight is 489 g/mol. The van der Waals surface area contributed by atoms with Crippen LogP contribution >= 0.6 is 0 Å². The summed E-state index contributed by atoms with van der Waals surface area (Å²) in [4.78, 5) is 26.2. The number of benzene rings is 2. The van der Waals surface area contributed by atoms with Crippen molar-refractivity contribution >= 4 is 22.6 Å². The fourth-order valence-corrected chi connectivity index (χ4v) is 4.17. The van der Waals surface area contributed by atoms with E-state index in [4.69, 9.17) is 4.74 Å². The first-order chi connectivity index (χ1) is 18.1. The van der Waals surface area contributed by atoms with Crippen molar-refractivity contribution in [2.24, 2.45) is 0 Å². The third kappa shape index (κ3) is 4.77. The Morgan fingerprint density at radius 2 is 1.81 bits per heavy atom. The summed E-state index contributed by atoms with van der Waals surface area (Å²) in [6, 6.07) is 22.9. The predicted molar refractivity (Wildman–Crippen MR) is 141 cm³/mol. The van der Waals surface area contributed by atoms with Crippen molar-refractivity contribution < 1.29 is 9.53 Å². The second-order valence-electron chi connectivity index (χ2n) is 8.83. The lowest BCUT2D eigenvalue weighted by Crippen LogP contribution is -2.22. The first-order valence-electron chi connectivity index (χ1n) is 11.9. The highest BCUT2D eigenvalue weighted by molar-refractivity contribution is 5.94. The lowest BCUT2D eigenvalue weighted by atomic mass is 10.2. The summed E-state index contributed by atoms with van der Waals surface area (Å²) >= 11 is 0. The van der Waals surface area contributed by atoms with Crippen molar-refractivity contribution in [3.63, 3.8) is 0 Å². The van der Waals surface area contributed by atoms with Crippen LogP contribution in [0.5, 0.6) is 5.75 Å². The number of hydrogen-bond donors (Lipinski definition) is 1.